The summed E-state index contributed by atoms with van der Waals surface area (Å²) in [5.41, 5.74) is -0.575. The molecule has 1 aromatic rings. The fraction of sp³-hybridized carbons (Fsp3) is 0.533. The van der Waals surface area contributed by atoms with Crippen molar-refractivity contribution < 1.29 is 14.1 Å². The molecule has 0 saturated heterocycles. The minimum Gasteiger partial charge on any atom is -0.352 e. The molecule has 0 aliphatic carbocycles. The number of benzene rings is 1. The zero-order valence-corrected chi connectivity index (χ0v) is 12.4. The predicted molar refractivity (Wildman–Crippen MR) is 78.7 cm³/mol. The Bertz CT molecular complexity index is 506. The van der Waals surface area contributed by atoms with Gasteiger partial charge < -0.3 is 5.32 Å². The molecule has 0 aliphatic heterocycles. The number of carbonyl (C=O) groups excluding carboxylic acids is 1. The lowest BCUT2D eigenvalue weighted by atomic mass is 9.99. The van der Waals surface area contributed by atoms with Gasteiger partial charge in [0.15, 0.2) is 0 Å². The van der Waals surface area contributed by atoms with Crippen LogP contribution in [0.25, 0.3) is 0 Å². The lowest BCUT2D eigenvalue weighted by Gasteiger charge is -2.15. The minimum atomic E-state index is -0.750. The van der Waals surface area contributed by atoms with Crippen LogP contribution in [0.2, 0.25) is 0 Å². The number of amides is 1. The highest BCUT2D eigenvalue weighted by molar-refractivity contribution is 5.95. The highest BCUT2D eigenvalue weighted by atomic mass is 19.1. The molecular formula is C15H21FN2O3. The van der Waals surface area contributed by atoms with Crippen LogP contribution in [0.3, 0.4) is 0 Å². The van der Waals surface area contributed by atoms with E-state index in [4.69, 9.17) is 0 Å². The van der Waals surface area contributed by atoms with E-state index in [2.05, 4.69) is 12.2 Å². The molecule has 1 aromatic carbocycles. The first kappa shape index (κ1) is 17.1. The Hall–Kier alpha value is -1.98. The van der Waals surface area contributed by atoms with Gasteiger partial charge in [0.2, 0.25) is 0 Å². The summed E-state index contributed by atoms with van der Waals surface area (Å²) in [5.74, 6) is -1.01. The van der Waals surface area contributed by atoms with Crippen LogP contribution in [0.15, 0.2) is 18.2 Å². The normalized spacial score (nSPS) is 12.0. The van der Waals surface area contributed by atoms with Crippen molar-refractivity contribution in [3.8, 4) is 0 Å². The topological polar surface area (TPSA) is 72.2 Å². The molecule has 1 unspecified atom stereocenters. The lowest BCUT2D eigenvalue weighted by molar-refractivity contribution is -0.384. The molecule has 116 valence electrons. The molecule has 0 aromatic heterocycles. The third-order valence-electron chi connectivity index (χ3n) is 3.50. The third kappa shape index (κ3) is 5.13. The number of nitro benzene ring substituents is 1. The van der Waals surface area contributed by atoms with Crippen molar-refractivity contribution in [1.29, 1.82) is 0 Å². The monoisotopic (exact) mass is 296 g/mol. The van der Waals surface area contributed by atoms with Gasteiger partial charge in [-0.25, -0.2) is 4.39 Å². The van der Waals surface area contributed by atoms with Crippen LogP contribution in [-0.4, -0.2) is 17.4 Å². The molecule has 1 amide bonds. The molecule has 0 bridgehead atoms. The van der Waals surface area contributed by atoms with E-state index < -0.39 is 16.6 Å². The first-order valence-corrected chi connectivity index (χ1v) is 7.21. The van der Waals surface area contributed by atoms with E-state index in [1.165, 1.54) is 0 Å². The summed E-state index contributed by atoms with van der Waals surface area (Å²) in [6.07, 6.45) is 4.10. The maximum atomic E-state index is 13.6. The molecule has 1 rings (SSSR count). The summed E-state index contributed by atoms with van der Waals surface area (Å²) in [5, 5.41) is 13.3. The predicted octanol–water partition coefficient (Wildman–Crippen LogP) is 3.68. The number of nitrogens with zero attached hydrogens (tertiary/aromatic N) is 1. The van der Waals surface area contributed by atoms with Gasteiger partial charge in [0.1, 0.15) is 5.82 Å². The van der Waals surface area contributed by atoms with Crippen LogP contribution in [0.1, 0.15) is 49.9 Å². The van der Waals surface area contributed by atoms with Gasteiger partial charge in [0, 0.05) is 18.7 Å². The SMILES string of the molecule is CCCCC(CC)CNC(=O)c1cc([N+](=O)[O-])ccc1F. The Morgan fingerprint density at radius 1 is 1.43 bits per heavy atom. The van der Waals surface area contributed by atoms with Crippen molar-refractivity contribution in [2.45, 2.75) is 39.5 Å². The quantitative estimate of drug-likeness (QED) is 0.587. The Labute approximate surface area is 123 Å². The van der Waals surface area contributed by atoms with Crippen LogP contribution >= 0.6 is 0 Å². The molecule has 0 fully saturated rings. The van der Waals surface area contributed by atoms with Gasteiger partial charge in [-0.1, -0.05) is 33.1 Å². The average Bonchev–Trinajstić information content (AvgIpc) is 2.47. The van der Waals surface area contributed by atoms with Gasteiger partial charge in [0.05, 0.1) is 10.5 Å². The molecule has 0 radical (unpaired) electrons. The van der Waals surface area contributed by atoms with Crippen LogP contribution in [0, 0.1) is 21.8 Å². The fourth-order valence-electron chi connectivity index (χ4n) is 2.08. The van der Waals surface area contributed by atoms with Crippen LogP contribution < -0.4 is 5.32 Å². The number of unbranched alkanes of at least 4 members (excludes halogenated alkanes) is 1. The molecule has 0 saturated carbocycles. The van der Waals surface area contributed by atoms with E-state index in [1.807, 2.05) is 6.92 Å². The standard InChI is InChI=1S/C15H21FN2O3/c1-3-5-6-11(4-2)10-17-15(19)13-9-12(18(20)21)7-8-14(13)16/h7-9,11H,3-6,10H2,1-2H3,(H,17,19). The third-order valence-corrected chi connectivity index (χ3v) is 3.50. The van der Waals surface area contributed by atoms with E-state index in [0.717, 1.165) is 43.9 Å². The number of halogens is 1. The molecule has 0 aliphatic rings. The molecule has 21 heavy (non-hydrogen) atoms. The van der Waals surface area contributed by atoms with Gasteiger partial charge in [-0.3, -0.25) is 14.9 Å². The highest BCUT2D eigenvalue weighted by Crippen LogP contribution is 2.17. The number of hydrogen-bond acceptors (Lipinski definition) is 3. The van der Waals surface area contributed by atoms with Crippen LogP contribution in [-0.2, 0) is 0 Å². The Kier molecular flexibility index (Phi) is 6.78. The van der Waals surface area contributed by atoms with Crippen molar-refractivity contribution in [2.24, 2.45) is 5.92 Å². The molecule has 1 atom stereocenters. The number of nitrogens with one attached hydrogen (secondary N) is 1. The van der Waals surface area contributed by atoms with Crippen molar-refractivity contribution in [3.05, 3.63) is 39.7 Å². The molecular weight excluding hydrogens is 275 g/mol. The van der Waals surface area contributed by atoms with Gasteiger partial charge in [0.25, 0.3) is 11.6 Å². The summed E-state index contributed by atoms with van der Waals surface area (Å²) < 4.78 is 13.6. The van der Waals surface area contributed by atoms with Crippen molar-refractivity contribution in [1.82, 2.24) is 5.32 Å². The highest BCUT2D eigenvalue weighted by Gasteiger charge is 2.17. The number of rotatable bonds is 8. The Morgan fingerprint density at radius 2 is 2.14 bits per heavy atom. The fourth-order valence-corrected chi connectivity index (χ4v) is 2.08. The minimum absolute atomic E-state index is 0.283. The molecule has 5 nitrogen and oxygen atoms in total. The smallest absolute Gasteiger partial charge is 0.270 e. The Balaban J connectivity index is 2.70. The van der Waals surface area contributed by atoms with E-state index in [0.29, 0.717) is 12.5 Å². The van der Waals surface area contributed by atoms with E-state index in [-0.39, 0.29) is 11.3 Å². The maximum Gasteiger partial charge on any atom is 0.270 e. The number of carbonyl (C=O) groups is 1. The van der Waals surface area contributed by atoms with Gasteiger partial charge in [-0.2, -0.15) is 0 Å². The van der Waals surface area contributed by atoms with E-state index >= 15 is 0 Å². The van der Waals surface area contributed by atoms with Gasteiger partial charge >= 0.3 is 0 Å². The number of hydrogen-bond donors (Lipinski definition) is 1. The van der Waals surface area contributed by atoms with E-state index in [9.17, 15) is 19.3 Å². The zero-order chi connectivity index (χ0) is 15.8. The largest absolute Gasteiger partial charge is 0.352 e. The van der Waals surface area contributed by atoms with Crippen molar-refractivity contribution in [3.63, 3.8) is 0 Å². The number of non-ortho nitro benzene ring substituents is 1. The molecule has 6 heteroatoms. The summed E-state index contributed by atoms with van der Waals surface area (Å²) in [6, 6.07) is 2.96. The number of nitro groups is 1. The second-order valence-corrected chi connectivity index (χ2v) is 5.05. The molecule has 1 N–H and O–H groups in total. The van der Waals surface area contributed by atoms with Gasteiger partial charge in [-0.15, -0.1) is 0 Å². The van der Waals surface area contributed by atoms with E-state index in [1.54, 1.807) is 0 Å². The molecule has 0 heterocycles. The lowest BCUT2D eigenvalue weighted by Crippen LogP contribution is -2.29. The first-order valence-electron chi connectivity index (χ1n) is 7.21. The summed E-state index contributed by atoms with van der Waals surface area (Å²) in [7, 11) is 0. The van der Waals surface area contributed by atoms with Gasteiger partial charge in [-0.05, 0) is 18.4 Å². The maximum absolute atomic E-state index is 13.6. The second kappa shape index (κ2) is 8.34. The second-order valence-electron chi connectivity index (χ2n) is 5.05. The average molecular weight is 296 g/mol. The Morgan fingerprint density at radius 3 is 2.71 bits per heavy atom. The molecule has 0 spiro atoms. The summed E-state index contributed by atoms with van der Waals surface area (Å²) in [6.45, 7) is 4.60. The first-order chi connectivity index (χ1) is 9.99. The van der Waals surface area contributed by atoms with Crippen molar-refractivity contribution >= 4 is 11.6 Å². The van der Waals surface area contributed by atoms with Crippen LogP contribution in [0.4, 0.5) is 10.1 Å². The summed E-state index contributed by atoms with van der Waals surface area (Å²) >= 11 is 0. The zero-order valence-electron chi connectivity index (χ0n) is 12.4. The summed E-state index contributed by atoms with van der Waals surface area (Å²) in [4.78, 5) is 22.0. The van der Waals surface area contributed by atoms with Crippen LogP contribution in [0.5, 0.6) is 0 Å². The van der Waals surface area contributed by atoms with Crippen molar-refractivity contribution in [2.75, 3.05) is 6.54 Å².